The minimum atomic E-state index is -4.82. The van der Waals surface area contributed by atoms with Crippen LogP contribution in [-0.4, -0.2) is 42.0 Å². The topological polar surface area (TPSA) is 58.6 Å². The highest BCUT2D eigenvalue weighted by Gasteiger charge is 2.57. The first-order valence-electron chi connectivity index (χ1n) is 5.44. The highest BCUT2D eigenvalue weighted by atomic mass is 19.4. The van der Waals surface area contributed by atoms with E-state index in [1.165, 1.54) is 0 Å². The summed E-state index contributed by atoms with van der Waals surface area (Å²) in [6.07, 6.45) is -2.78. The number of ether oxygens (including phenoxy) is 1. The van der Waals surface area contributed by atoms with E-state index in [-0.39, 0.29) is 12.6 Å². The van der Waals surface area contributed by atoms with Crippen molar-refractivity contribution in [1.82, 2.24) is 5.32 Å². The molecule has 0 aromatic rings. The average Bonchev–Trinajstić information content (AvgIpc) is 2.68. The van der Waals surface area contributed by atoms with Crippen LogP contribution in [0.15, 0.2) is 0 Å². The maximum atomic E-state index is 12.6. The van der Waals surface area contributed by atoms with Gasteiger partial charge in [-0.2, -0.15) is 13.2 Å². The quantitative estimate of drug-likeness (QED) is 0.782. The van der Waals surface area contributed by atoms with Crippen molar-refractivity contribution in [3.05, 3.63) is 0 Å². The molecular formula is C10H16F3NO3. The van der Waals surface area contributed by atoms with Gasteiger partial charge < -0.3 is 9.84 Å². The summed E-state index contributed by atoms with van der Waals surface area (Å²) in [6.45, 7) is 1.22. The standard InChI is InChI=1S/C10H16F3NO3/c1-9(8(15)16,10(11,12)13)14-5-4-7-3-2-6-17-7/h7,14H,2-6H2,1H3,(H,15,16). The molecule has 17 heavy (non-hydrogen) atoms. The number of hydrogen-bond acceptors (Lipinski definition) is 3. The molecule has 1 heterocycles. The van der Waals surface area contributed by atoms with Gasteiger partial charge in [0.05, 0.1) is 6.10 Å². The molecule has 4 nitrogen and oxygen atoms in total. The molecule has 0 saturated carbocycles. The lowest BCUT2D eigenvalue weighted by Crippen LogP contribution is -2.60. The van der Waals surface area contributed by atoms with Gasteiger partial charge in [-0.3, -0.25) is 5.32 Å². The van der Waals surface area contributed by atoms with Crippen molar-refractivity contribution in [2.24, 2.45) is 0 Å². The van der Waals surface area contributed by atoms with E-state index in [1.54, 1.807) is 0 Å². The minimum Gasteiger partial charge on any atom is -0.480 e. The summed E-state index contributed by atoms with van der Waals surface area (Å²) in [5.74, 6) is -1.92. The summed E-state index contributed by atoms with van der Waals surface area (Å²) in [7, 11) is 0. The molecule has 1 aliphatic rings. The fourth-order valence-electron chi connectivity index (χ4n) is 1.65. The Hall–Kier alpha value is -0.820. The molecule has 0 aliphatic carbocycles. The van der Waals surface area contributed by atoms with Gasteiger partial charge in [0.2, 0.25) is 5.54 Å². The molecule has 0 spiro atoms. The number of halogens is 3. The molecule has 0 amide bonds. The van der Waals surface area contributed by atoms with Crippen LogP contribution in [0.25, 0.3) is 0 Å². The zero-order valence-corrected chi connectivity index (χ0v) is 9.51. The predicted octanol–water partition coefficient (Wildman–Crippen LogP) is 1.55. The van der Waals surface area contributed by atoms with Gasteiger partial charge in [0.25, 0.3) is 0 Å². The van der Waals surface area contributed by atoms with Crippen molar-refractivity contribution >= 4 is 5.97 Å². The van der Waals surface area contributed by atoms with Crippen molar-refractivity contribution < 1.29 is 27.8 Å². The monoisotopic (exact) mass is 255 g/mol. The second-order valence-corrected chi connectivity index (χ2v) is 4.28. The molecule has 0 aromatic carbocycles. The number of rotatable bonds is 5. The fraction of sp³-hybridized carbons (Fsp3) is 0.900. The van der Waals surface area contributed by atoms with Crippen LogP contribution < -0.4 is 5.32 Å². The first-order valence-corrected chi connectivity index (χ1v) is 5.44. The third-order valence-electron chi connectivity index (χ3n) is 2.96. The molecule has 100 valence electrons. The summed E-state index contributed by atoms with van der Waals surface area (Å²) >= 11 is 0. The SMILES string of the molecule is CC(NCCC1CCCO1)(C(=O)O)C(F)(F)F. The summed E-state index contributed by atoms with van der Waals surface area (Å²) in [5.41, 5.74) is -2.90. The molecule has 0 bridgehead atoms. The van der Waals surface area contributed by atoms with E-state index in [2.05, 4.69) is 5.32 Å². The Labute approximate surface area is 97.1 Å². The highest BCUT2D eigenvalue weighted by Crippen LogP contribution is 2.30. The Balaban J connectivity index is 2.47. The van der Waals surface area contributed by atoms with Crippen molar-refractivity contribution in [2.45, 2.75) is 44.0 Å². The third-order valence-corrected chi connectivity index (χ3v) is 2.96. The number of alkyl halides is 3. The lowest BCUT2D eigenvalue weighted by atomic mass is 10.0. The highest BCUT2D eigenvalue weighted by molar-refractivity contribution is 5.79. The summed E-state index contributed by atoms with van der Waals surface area (Å²) in [6, 6.07) is 0. The fourth-order valence-corrected chi connectivity index (χ4v) is 1.65. The Morgan fingerprint density at radius 2 is 2.18 bits per heavy atom. The molecular weight excluding hydrogens is 239 g/mol. The van der Waals surface area contributed by atoms with Gasteiger partial charge in [-0.1, -0.05) is 0 Å². The molecule has 2 unspecified atom stereocenters. The van der Waals surface area contributed by atoms with Crippen LogP contribution in [0.2, 0.25) is 0 Å². The van der Waals surface area contributed by atoms with Gasteiger partial charge in [0, 0.05) is 6.61 Å². The molecule has 2 N–H and O–H groups in total. The van der Waals surface area contributed by atoms with E-state index in [4.69, 9.17) is 9.84 Å². The Bertz CT molecular complexity index is 276. The third kappa shape index (κ3) is 3.32. The lowest BCUT2D eigenvalue weighted by molar-refractivity contribution is -0.206. The maximum absolute atomic E-state index is 12.6. The first-order chi connectivity index (χ1) is 7.77. The van der Waals surface area contributed by atoms with Gasteiger partial charge in [0.15, 0.2) is 0 Å². The Morgan fingerprint density at radius 3 is 2.59 bits per heavy atom. The largest absolute Gasteiger partial charge is 0.480 e. The van der Waals surface area contributed by atoms with E-state index in [1.807, 2.05) is 0 Å². The maximum Gasteiger partial charge on any atom is 0.417 e. The van der Waals surface area contributed by atoms with Crippen LogP contribution in [0.1, 0.15) is 26.2 Å². The van der Waals surface area contributed by atoms with Crippen molar-refractivity contribution in [1.29, 1.82) is 0 Å². The minimum absolute atomic E-state index is 0.0347. The van der Waals surface area contributed by atoms with Gasteiger partial charge in [0.1, 0.15) is 0 Å². The summed E-state index contributed by atoms with van der Waals surface area (Å²) in [5, 5.41) is 10.7. The van der Waals surface area contributed by atoms with Crippen LogP contribution in [0.5, 0.6) is 0 Å². The smallest absolute Gasteiger partial charge is 0.417 e. The zero-order valence-electron chi connectivity index (χ0n) is 9.51. The van der Waals surface area contributed by atoms with Crippen molar-refractivity contribution in [3.8, 4) is 0 Å². The Kier molecular flexibility index (Phi) is 4.37. The number of hydrogen-bond donors (Lipinski definition) is 2. The van der Waals surface area contributed by atoms with Crippen molar-refractivity contribution in [3.63, 3.8) is 0 Å². The van der Waals surface area contributed by atoms with Crippen molar-refractivity contribution in [2.75, 3.05) is 13.2 Å². The number of aliphatic carboxylic acids is 1. The van der Waals surface area contributed by atoms with E-state index in [0.29, 0.717) is 20.0 Å². The zero-order chi connectivity index (χ0) is 13.1. The van der Waals surface area contributed by atoms with Crippen LogP contribution in [-0.2, 0) is 9.53 Å². The van der Waals surface area contributed by atoms with Gasteiger partial charge >= 0.3 is 12.1 Å². The molecule has 7 heteroatoms. The molecule has 1 aliphatic heterocycles. The van der Waals surface area contributed by atoms with Crippen LogP contribution in [0, 0.1) is 0 Å². The first kappa shape index (κ1) is 14.2. The van der Waals surface area contributed by atoms with E-state index in [9.17, 15) is 18.0 Å². The molecule has 1 rings (SSSR count). The van der Waals surface area contributed by atoms with E-state index >= 15 is 0 Å². The summed E-state index contributed by atoms with van der Waals surface area (Å²) < 4.78 is 43.0. The number of carboxylic acids is 1. The molecule has 1 fully saturated rings. The number of carbonyl (C=O) groups is 1. The van der Waals surface area contributed by atoms with Gasteiger partial charge in [-0.25, -0.2) is 4.79 Å². The second-order valence-electron chi connectivity index (χ2n) is 4.28. The number of nitrogens with one attached hydrogen (secondary N) is 1. The van der Waals surface area contributed by atoms with Gasteiger partial charge in [-0.05, 0) is 32.7 Å². The molecule has 0 radical (unpaired) electrons. The lowest BCUT2D eigenvalue weighted by Gasteiger charge is -2.29. The number of carboxylic acid groups (broad SMARTS) is 1. The van der Waals surface area contributed by atoms with Crippen LogP contribution >= 0.6 is 0 Å². The van der Waals surface area contributed by atoms with E-state index in [0.717, 1.165) is 12.8 Å². The second kappa shape index (κ2) is 5.22. The Morgan fingerprint density at radius 1 is 1.53 bits per heavy atom. The van der Waals surface area contributed by atoms with Gasteiger partial charge in [-0.15, -0.1) is 0 Å². The average molecular weight is 255 g/mol. The molecule has 2 atom stereocenters. The summed E-state index contributed by atoms with van der Waals surface area (Å²) in [4.78, 5) is 10.7. The molecule has 1 saturated heterocycles. The molecule has 0 aromatic heterocycles. The van der Waals surface area contributed by atoms with E-state index < -0.39 is 17.7 Å². The van der Waals surface area contributed by atoms with Crippen LogP contribution in [0.4, 0.5) is 13.2 Å². The van der Waals surface area contributed by atoms with Crippen LogP contribution in [0.3, 0.4) is 0 Å². The predicted molar refractivity (Wildman–Crippen MR) is 53.7 cm³/mol. The normalized spacial score (nSPS) is 24.6.